The van der Waals surface area contributed by atoms with Gasteiger partial charge < -0.3 is 25.0 Å². The molecule has 4 aliphatic heterocycles. The third-order valence-electron chi connectivity index (χ3n) is 14.0. The fourth-order valence-corrected chi connectivity index (χ4v) is 10.6. The van der Waals surface area contributed by atoms with Crippen molar-refractivity contribution in [1.82, 2.24) is 49.5 Å². The molecule has 10 rings (SSSR count). The van der Waals surface area contributed by atoms with Gasteiger partial charge in [-0.05, 0) is 114 Å². The van der Waals surface area contributed by atoms with Gasteiger partial charge in [0.2, 0.25) is 0 Å². The van der Waals surface area contributed by atoms with Crippen LogP contribution in [0.3, 0.4) is 0 Å². The zero-order chi connectivity index (χ0) is 43.5. The van der Waals surface area contributed by atoms with Gasteiger partial charge in [0.15, 0.2) is 0 Å². The summed E-state index contributed by atoms with van der Waals surface area (Å²) in [5.41, 5.74) is 12.5. The molecule has 6 aliphatic rings. The molecular weight excluding hydrogens is 826 g/mol. The maximum absolute atomic E-state index is 10.0. The van der Waals surface area contributed by atoms with Gasteiger partial charge in [-0.3, -0.25) is 29.6 Å². The number of fused-ring (bicyclic) bond motifs is 4. The van der Waals surface area contributed by atoms with E-state index in [4.69, 9.17) is 33.2 Å². The molecule has 0 radical (unpaired) electrons. The van der Waals surface area contributed by atoms with Gasteiger partial charge in [0.05, 0.1) is 23.5 Å². The molecule has 4 aromatic rings. The summed E-state index contributed by atoms with van der Waals surface area (Å²) in [6, 6.07) is 21.5. The molecule has 6 heterocycles. The van der Waals surface area contributed by atoms with Gasteiger partial charge in [0.1, 0.15) is 0 Å². The highest BCUT2D eigenvalue weighted by Crippen LogP contribution is 2.42. The van der Waals surface area contributed by atoms with Gasteiger partial charge in [0.25, 0.3) is 0 Å². The Morgan fingerprint density at radius 2 is 1.05 bits per heavy atom. The Bertz CT molecular complexity index is 2260. The Balaban J connectivity index is 0.000000161. The summed E-state index contributed by atoms with van der Waals surface area (Å²) < 4.78 is 0. The van der Waals surface area contributed by atoms with Crippen molar-refractivity contribution in [2.45, 2.75) is 18.9 Å². The number of likely N-dealkylation sites (N-methyl/N-ethyl adjacent to an activating group) is 2. The summed E-state index contributed by atoms with van der Waals surface area (Å²) in [7, 11) is 3.99. The maximum Gasteiger partial charge on any atom is 0.376 e. The second-order valence-electron chi connectivity index (χ2n) is 18.2. The minimum Gasteiger partial charge on any atom is -0.437 e. The second kappa shape index (κ2) is 20.3. The molecule has 2 aliphatic carbocycles. The molecule has 0 amide bonds. The number of hydrogen-bond donors (Lipinski definition) is 2. The van der Waals surface area contributed by atoms with Crippen molar-refractivity contribution in [3.8, 4) is 0 Å². The van der Waals surface area contributed by atoms with Crippen molar-refractivity contribution in [3.63, 3.8) is 0 Å². The SMILES string of the molecule is CB(O)N1CCN(C2c3ccc(Cl)cc3C(CN3CCN(C)CC3)=Cc3cccnc32)CC1.CN1CCN(CC2=Cc3cccnc3C(N3CCNCC3)c3ccc(Cl)cc32)CC1. The van der Waals surface area contributed by atoms with Gasteiger partial charge in [-0.25, -0.2) is 0 Å². The third kappa shape index (κ3) is 10.3. The predicted molar refractivity (Wildman–Crippen MR) is 260 cm³/mol. The van der Waals surface area contributed by atoms with Crippen LogP contribution in [0.1, 0.15) is 56.9 Å². The van der Waals surface area contributed by atoms with Gasteiger partial charge in [0, 0.05) is 140 Å². The Morgan fingerprint density at radius 3 is 1.49 bits per heavy atom. The lowest BCUT2D eigenvalue weighted by Crippen LogP contribution is -2.52. The van der Waals surface area contributed by atoms with E-state index in [1.165, 1.54) is 44.5 Å². The van der Waals surface area contributed by atoms with E-state index < -0.39 is 7.05 Å². The summed E-state index contributed by atoms with van der Waals surface area (Å²) in [5, 5.41) is 15.1. The summed E-state index contributed by atoms with van der Waals surface area (Å²) in [5.74, 6) is 0. The number of nitrogens with zero attached hydrogens (tertiary/aromatic N) is 9. The number of halogens is 2. The molecule has 2 aromatic heterocycles. The van der Waals surface area contributed by atoms with Gasteiger partial charge >= 0.3 is 7.05 Å². The molecule has 4 fully saturated rings. The summed E-state index contributed by atoms with van der Waals surface area (Å²) in [6.45, 7) is 20.1. The first-order chi connectivity index (χ1) is 30.7. The van der Waals surface area contributed by atoms with Gasteiger partial charge in [-0.2, -0.15) is 0 Å². The van der Waals surface area contributed by atoms with Crippen LogP contribution < -0.4 is 5.32 Å². The second-order valence-corrected chi connectivity index (χ2v) is 19.1. The standard InChI is InChI=1S/C25H33BClN5O.C24H30ClN5/c1-26(33)32-14-12-31(13-15-32)25-22-6-5-21(27)17-23(22)20(16-19-4-3-7-28-24(19)25)18-30-10-8-29(2)9-11-30;1-28-11-13-29(14-12-28)17-19-15-18-3-2-6-27-23(18)24(30-9-7-26-8-10-30)21-5-4-20(25)16-22(19)21/h3-7,16-17,25,33H,8-15,18H2,1-2H3;2-6,15-16,24,26H,7-14,17H2,1H3. The highest BCUT2D eigenvalue weighted by Gasteiger charge is 2.35. The molecule has 63 heavy (non-hydrogen) atoms. The van der Waals surface area contributed by atoms with E-state index in [-0.39, 0.29) is 12.1 Å². The molecule has 2 unspecified atom stereocenters. The molecule has 2 atom stereocenters. The first kappa shape index (κ1) is 44.7. The van der Waals surface area contributed by atoms with Crippen molar-refractivity contribution >= 4 is 53.6 Å². The van der Waals surface area contributed by atoms with Gasteiger partial charge in [-0.1, -0.05) is 47.5 Å². The van der Waals surface area contributed by atoms with Crippen molar-refractivity contribution in [2.75, 3.05) is 132 Å². The van der Waals surface area contributed by atoms with Crippen LogP contribution in [0.25, 0.3) is 23.3 Å². The van der Waals surface area contributed by atoms with Crippen molar-refractivity contribution < 1.29 is 5.02 Å². The summed E-state index contributed by atoms with van der Waals surface area (Å²) in [4.78, 5) is 26.9. The monoisotopic (exact) mass is 888 g/mol. The smallest absolute Gasteiger partial charge is 0.376 e. The number of rotatable bonds is 7. The number of benzene rings is 2. The van der Waals surface area contributed by atoms with Crippen molar-refractivity contribution in [3.05, 3.63) is 128 Å². The Hall–Kier alpha value is -3.50. The Labute approximate surface area is 385 Å². The Morgan fingerprint density at radius 1 is 0.603 bits per heavy atom. The van der Waals surface area contributed by atoms with Crippen LogP contribution in [0.2, 0.25) is 16.9 Å². The molecule has 0 bridgehead atoms. The van der Waals surface area contributed by atoms with Crippen molar-refractivity contribution in [2.24, 2.45) is 0 Å². The third-order valence-corrected chi connectivity index (χ3v) is 14.4. The number of hydrogen-bond acceptors (Lipinski definition) is 11. The first-order valence-corrected chi connectivity index (χ1v) is 23.8. The number of nitrogens with one attached hydrogen (secondary N) is 1. The zero-order valence-electron chi connectivity index (χ0n) is 37.3. The normalized spacial score (nSPS) is 23.1. The lowest BCUT2D eigenvalue weighted by molar-refractivity contribution is 0.144. The van der Waals surface area contributed by atoms with Crippen LogP contribution in [0, 0.1) is 0 Å². The zero-order valence-corrected chi connectivity index (χ0v) is 38.8. The minimum atomic E-state index is -0.408. The lowest BCUT2D eigenvalue weighted by atomic mass is 9.84. The van der Waals surface area contributed by atoms with E-state index >= 15 is 0 Å². The highest BCUT2D eigenvalue weighted by molar-refractivity contribution is 6.45. The fourth-order valence-electron chi connectivity index (χ4n) is 10.3. The summed E-state index contributed by atoms with van der Waals surface area (Å²) in [6.07, 6.45) is 8.54. The molecule has 11 nitrogen and oxygen atoms in total. The fraction of sp³-hybridized carbons (Fsp3) is 0.469. The average molecular weight is 890 g/mol. The van der Waals surface area contributed by atoms with Crippen LogP contribution in [0.5, 0.6) is 0 Å². The van der Waals surface area contributed by atoms with E-state index in [1.807, 2.05) is 37.4 Å². The lowest BCUT2D eigenvalue weighted by Gasteiger charge is -2.40. The van der Waals surface area contributed by atoms with Crippen LogP contribution in [-0.2, 0) is 0 Å². The number of pyridine rings is 2. The average Bonchev–Trinajstić information content (AvgIpc) is 3.52. The van der Waals surface area contributed by atoms with Crippen molar-refractivity contribution in [1.29, 1.82) is 0 Å². The molecule has 14 heteroatoms. The van der Waals surface area contributed by atoms with Crippen LogP contribution in [0.15, 0.2) is 73.1 Å². The molecule has 2 aromatic carbocycles. The van der Waals surface area contributed by atoms with E-state index in [9.17, 15) is 5.02 Å². The topological polar surface area (TPSA) is 80.7 Å². The number of piperazine rings is 4. The molecule has 4 saturated heterocycles. The van der Waals surface area contributed by atoms with E-state index in [0.717, 1.165) is 139 Å². The molecule has 332 valence electrons. The maximum atomic E-state index is 10.0. The quantitative estimate of drug-likeness (QED) is 0.232. The van der Waals surface area contributed by atoms with E-state index in [0.29, 0.717) is 0 Å². The van der Waals surface area contributed by atoms with Crippen LogP contribution >= 0.6 is 23.2 Å². The van der Waals surface area contributed by atoms with Crippen LogP contribution in [-0.4, -0.2) is 188 Å². The predicted octanol–water partition coefficient (Wildman–Crippen LogP) is 5.48. The number of aromatic nitrogens is 2. The molecule has 0 saturated carbocycles. The molecular formula is C49H63BCl2N10O. The highest BCUT2D eigenvalue weighted by atomic mass is 35.5. The first-order valence-electron chi connectivity index (χ1n) is 23.0. The Kier molecular flexibility index (Phi) is 14.4. The summed E-state index contributed by atoms with van der Waals surface area (Å²) >= 11 is 13.1. The van der Waals surface area contributed by atoms with E-state index in [2.05, 4.69) is 108 Å². The van der Waals surface area contributed by atoms with E-state index in [1.54, 1.807) is 0 Å². The molecule has 2 N–H and O–H groups in total. The minimum absolute atomic E-state index is 0.0749. The van der Waals surface area contributed by atoms with Gasteiger partial charge in [-0.15, -0.1) is 0 Å². The van der Waals surface area contributed by atoms with Crippen LogP contribution in [0.4, 0.5) is 0 Å². The molecule has 0 spiro atoms. The largest absolute Gasteiger partial charge is 0.437 e.